The molecular weight excluding hydrogens is 617 g/mol. The van der Waals surface area contributed by atoms with Crippen LogP contribution in [0.25, 0.3) is 0 Å². The van der Waals surface area contributed by atoms with Crippen LogP contribution in [0.1, 0.15) is 137 Å². The van der Waals surface area contributed by atoms with Crippen molar-refractivity contribution in [3.05, 3.63) is 11.6 Å². The summed E-state index contributed by atoms with van der Waals surface area (Å²) in [4.78, 5) is 15.3. The Labute approximate surface area is 298 Å². The number of nitrogens with two attached hydrogens (primary N) is 2. The molecule has 0 bridgehead atoms. The number of nitrogens with one attached hydrogen (secondary N) is 1. The van der Waals surface area contributed by atoms with E-state index in [0.29, 0.717) is 24.3 Å². The van der Waals surface area contributed by atoms with Crippen LogP contribution in [-0.4, -0.2) is 60.6 Å². The van der Waals surface area contributed by atoms with Crippen LogP contribution in [0.4, 0.5) is 0 Å². The number of hydrogen-bond donors (Lipinski definition) is 3. The van der Waals surface area contributed by atoms with E-state index < -0.39 is 0 Å². The molecule has 1 amide bonds. The largest absolute Gasteiger partial charge is 0.343 e. The van der Waals surface area contributed by atoms with E-state index in [1.807, 2.05) is 10.8 Å². The summed E-state index contributed by atoms with van der Waals surface area (Å²) in [5.74, 6) is 7.78. The molecule has 4 rings (SSSR count). The lowest BCUT2D eigenvalue weighted by Gasteiger charge is -2.57. The molecule has 5 nitrogen and oxygen atoms in total. The lowest BCUT2D eigenvalue weighted by atomic mass is 9.49. The van der Waals surface area contributed by atoms with Crippen LogP contribution in [0.15, 0.2) is 11.6 Å². The average molecular weight is 691 g/mol. The van der Waals surface area contributed by atoms with Crippen molar-refractivity contribution in [1.82, 2.24) is 10.2 Å². The highest BCUT2D eigenvalue weighted by Crippen LogP contribution is 2.65. The van der Waals surface area contributed by atoms with Crippen LogP contribution in [0.5, 0.6) is 0 Å². The van der Waals surface area contributed by atoms with Crippen molar-refractivity contribution in [2.24, 2.45) is 58.3 Å². The fourth-order valence-electron chi connectivity index (χ4n) is 10.3. The quantitative estimate of drug-likeness (QED) is 0.0633. The molecule has 0 aromatic heterocycles. The molecular formula is C40H74N4OS2. The molecule has 0 aromatic rings. The van der Waals surface area contributed by atoms with E-state index in [9.17, 15) is 4.79 Å². The molecule has 8 atom stereocenters. The molecule has 1 unspecified atom stereocenters. The predicted octanol–water partition coefficient (Wildman–Crippen LogP) is 9.06. The molecule has 3 fully saturated rings. The van der Waals surface area contributed by atoms with Crippen molar-refractivity contribution >= 4 is 27.5 Å². The molecule has 47 heavy (non-hydrogen) atoms. The highest BCUT2D eigenvalue weighted by Gasteiger charge is 2.55. The van der Waals surface area contributed by atoms with Crippen molar-refractivity contribution in [1.29, 1.82) is 0 Å². The standard InChI is InChI=1S/C40H74N4OS2/c1-30(2)11-8-12-31(3)33-15-16-35-34(33)17-18-37-36(35)14-13-32-29-39(4,20-21-40(32,37)5)47-46-28-19-38(45)44(27-10-23-42)26-7-6-24-43-25-9-22-41/h13,30-31,33-37,43H,6-12,14-29,41-42H2,1-5H3/t31?,33-,34-,35+,36+,37+,39+,40+/m1/s1. The van der Waals surface area contributed by atoms with Gasteiger partial charge < -0.3 is 21.7 Å². The smallest absolute Gasteiger partial charge is 0.223 e. The van der Waals surface area contributed by atoms with Gasteiger partial charge in [-0.2, -0.15) is 0 Å². The van der Waals surface area contributed by atoms with Gasteiger partial charge in [-0.15, -0.1) is 0 Å². The number of carbonyl (C=O) groups excluding carboxylic acids is 1. The molecule has 7 heteroatoms. The zero-order chi connectivity index (χ0) is 33.9. The van der Waals surface area contributed by atoms with E-state index in [-0.39, 0.29) is 4.75 Å². The van der Waals surface area contributed by atoms with Crippen LogP contribution in [0.3, 0.4) is 0 Å². The highest BCUT2D eigenvalue weighted by atomic mass is 33.1. The Bertz CT molecular complexity index is 976. The molecule has 5 N–H and O–H groups in total. The lowest BCUT2D eigenvalue weighted by molar-refractivity contribution is -0.130. The van der Waals surface area contributed by atoms with E-state index in [0.717, 1.165) is 106 Å². The molecule has 0 saturated heterocycles. The molecule has 3 saturated carbocycles. The summed E-state index contributed by atoms with van der Waals surface area (Å²) >= 11 is 0. The fourth-order valence-corrected chi connectivity index (χ4v) is 13.2. The van der Waals surface area contributed by atoms with Gasteiger partial charge in [-0.3, -0.25) is 4.79 Å². The summed E-state index contributed by atoms with van der Waals surface area (Å²) < 4.78 is 0.281. The van der Waals surface area contributed by atoms with E-state index in [4.69, 9.17) is 11.5 Å². The SMILES string of the molecule is CC(C)CCCC(C)[C@H]1CC[C@H]2[C@@H]1CC[C@H]1[C@H]2CC=C2C[C@@](C)(SSCCC(=O)N(CCCN)CCCCNCCCN)CC[C@@]21C. The maximum absolute atomic E-state index is 13.2. The molecule has 0 spiro atoms. The number of unbranched alkanes of at least 4 members (excludes halogenated alkanes) is 1. The first kappa shape index (κ1) is 39.6. The number of hydrogen-bond acceptors (Lipinski definition) is 6. The molecule has 0 aromatic carbocycles. The average Bonchev–Trinajstić information content (AvgIpc) is 3.49. The molecule has 0 heterocycles. The molecule has 0 aliphatic heterocycles. The summed E-state index contributed by atoms with van der Waals surface area (Å²) in [6, 6.07) is 0. The van der Waals surface area contributed by atoms with Crippen LogP contribution in [-0.2, 0) is 4.79 Å². The van der Waals surface area contributed by atoms with Crippen LogP contribution >= 0.6 is 21.6 Å². The van der Waals surface area contributed by atoms with Crippen molar-refractivity contribution in [2.45, 2.75) is 142 Å². The number of carbonyl (C=O) groups is 1. The maximum atomic E-state index is 13.2. The monoisotopic (exact) mass is 691 g/mol. The second-order valence-corrected chi connectivity index (χ2v) is 20.0. The Hall–Kier alpha value is -0.210. The van der Waals surface area contributed by atoms with E-state index in [1.165, 1.54) is 70.6 Å². The van der Waals surface area contributed by atoms with Crippen LogP contribution in [0, 0.1) is 46.8 Å². The van der Waals surface area contributed by atoms with E-state index in [2.05, 4.69) is 61.7 Å². The summed E-state index contributed by atoms with van der Waals surface area (Å²) in [5, 5.41) is 3.45. The summed E-state index contributed by atoms with van der Waals surface area (Å²) in [5.41, 5.74) is 13.6. The third-order valence-electron chi connectivity index (χ3n) is 13.1. The van der Waals surface area contributed by atoms with Gasteiger partial charge in [0.25, 0.3) is 0 Å². The Balaban J connectivity index is 1.22. The molecule has 0 radical (unpaired) electrons. The Morgan fingerprint density at radius 3 is 2.43 bits per heavy atom. The minimum atomic E-state index is 0.281. The van der Waals surface area contributed by atoms with Gasteiger partial charge in [0.05, 0.1) is 0 Å². The van der Waals surface area contributed by atoms with Crippen LogP contribution < -0.4 is 16.8 Å². The summed E-state index contributed by atoms with van der Waals surface area (Å²) in [7, 11) is 4.03. The number of allylic oxidation sites excluding steroid dienone is 2. The topological polar surface area (TPSA) is 84.4 Å². The normalized spacial score (nSPS) is 32.4. The lowest BCUT2D eigenvalue weighted by Crippen LogP contribution is -2.49. The van der Waals surface area contributed by atoms with Gasteiger partial charge in [0.2, 0.25) is 5.91 Å². The van der Waals surface area contributed by atoms with Gasteiger partial charge in [0.15, 0.2) is 0 Å². The minimum Gasteiger partial charge on any atom is -0.343 e. The summed E-state index contributed by atoms with van der Waals surface area (Å²) in [6.45, 7) is 17.5. The van der Waals surface area contributed by atoms with Crippen molar-refractivity contribution in [2.75, 3.05) is 45.0 Å². The summed E-state index contributed by atoms with van der Waals surface area (Å²) in [6.07, 6.45) is 22.9. The Morgan fingerprint density at radius 2 is 1.66 bits per heavy atom. The number of fused-ring (bicyclic) bond motifs is 5. The second-order valence-electron chi connectivity index (χ2n) is 17.0. The van der Waals surface area contributed by atoms with Gasteiger partial charge in [0, 0.05) is 30.0 Å². The van der Waals surface area contributed by atoms with Gasteiger partial charge >= 0.3 is 0 Å². The highest BCUT2D eigenvalue weighted by molar-refractivity contribution is 8.77. The molecule has 4 aliphatic carbocycles. The van der Waals surface area contributed by atoms with E-state index in [1.54, 1.807) is 5.57 Å². The molecule has 272 valence electrons. The van der Waals surface area contributed by atoms with Gasteiger partial charge in [-0.1, -0.05) is 80.2 Å². The van der Waals surface area contributed by atoms with Crippen molar-refractivity contribution in [3.8, 4) is 0 Å². The predicted molar refractivity (Wildman–Crippen MR) is 208 cm³/mol. The first-order chi connectivity index (χ1) is 22.6. The van der Waals surface area contributed by atoms with Gasteiger partial charge in [-0.25, -0.2) is 0 Å². The first-order valence-corrected chi connectivity index (χ1v) is 22.3. The number of nitrogens with zero attached hydrogens (tertiary/aromatic N) is 1. The maximum Gasteiger partial charge on any atom is 0.223 e. The Morgan fingerprint density at radius 1 is 0.915 bits per heavy atom. The van der Waals surface area contributed by atoms with Gasteiger partial charge in [-0.05, 0) is 157 Å². The van der Waals surface area contributed by atoms with Crippen molar-refractivity contribution in [3.63, 3.8) is 0 Å². The minimum absolute atomic E-state index is 0.281. The zero-order valence-electron chi connectivity index (χ0n) is 31.2. The van der Waals surface area contributed by atoms with E-state index >= 15 is 0 Å². The van der Waals surface area contributed by atoms with Gasteiger partial charge in [0.1, 0.15) is 0 Å². The zero-order valence-corrected chi connectivity index (χ0v) is 32.8. The van der Waals surface area contributed by atoms with Crippen molar-refractivity contribution < 1.29 is 4.79 Å². The third-order valence-corrected chi connectivity index (χ3v) is 16.4. The third kappa shape index (κ3) is 10.9. The molecule has 4 aliphatic rings. The number of rotatable bonds is 21. The second kappa shape index (κ2) is 19.4. The fraction of sp³-hybridized carbons (Fsp3) is 0.925. The van der Waals surface area contributed by atoms with Crippen LogP contribution in [0.2, 0.25) is 0 Å². The Kier molecular flexibility index (Phi) is 16.3. The number of amides is 1. The first-order valence-electron chi connectivity index (χ1n) is 20.0.